The largest absolute Gasteiger partial charge is 0.477 e. The lowest BCUT2D eigenvalue weighted by atomic mass is 9.82. The van der Waals surface area contributed by atoms with Gasteiger partial charge in [-0.2, -0.15) is 5.26 Å². The molecule has 1 aliphatic carbocycles. The maximum atomic E-state index is 14.5. The van der Waals surface area contributed by atoms with Crippen LogP contribution in [0.5, 0.6) is 5.88 Å². The summed E-state index contributed by atoms with van der Waals surface area (Å²) in [6.07, 6.45) is 5.85. The molecule has 1 saturated carbocycles. The summed E-state index contributed by atoms with van der Waals surface area (Å²) in [6, 6.07) is 21.7. The molecule has 2 amide bonds. The van der Waals surface area contributed by atoms with Gasteiger partial charge in [0.2, 0.25) is 11.8 Å². The number of hydrogen-bond donors (Lipinski definition) is 1. The number of halogens is 1. The molecule has 44 heavy (non-hydrogen) atoms. The van der Waals surface area contributed by atoms with Gasteiger partial charge in [0.1, 0.15) is 11.6 Å². The van der Waals surface area contributed by atoms with Crippen molar-refractivity contribution in [2.24, 2.45) is 0 Å². The fraction of sp³-hybridized carbons (Fsp3) is 0.371. The number of nitriles is 1. The smallest absolute Gasteiger partial charge is 0.252 e. The van der Waals surface area contributed by atoms with E-state index in [9.17, 15) is 14.9 Å². The van der Waals surface area contributed by atoms with Gasteiger partial charge in [0.15, 0.2) is 0 Å². The normalized spacial score (nSPS) is 19.3. The Bertz CT molecular complexity index is 1610. The molecule has 1 aromatic heterocycles. The van der Waals surface area contributed by atoms with Crippen LogP contribution in [-0.2, 0) is 22.6 Å². The predicted molar refractivity (Wildman–Crippen MR) is 169 cm³/mol. The van der Waals surface area contributed by atoms with Crippen LogP contribution in [0.4, 0.5) is 0 Å². The molecule has 2 fully saturated rings. The second kappa shape index (κ2) is 13.2. The van der Waals surface area contributed by atoms with E-state index in [0.29, 0.717) is 49.1 Å². The molecule has 0 spiro atoms. The Morgan fingerprint density at radius 1 is 1.11 bits per heavy atom. The summed E-state index contributed by atoms with van der Waals surface area (Å²) in [5.41, 5.74) is 5.40. The molecule has 226 valence electrons. The van der Waals surface area contributed by atoms with Gasteiger partial charge in [-0.3, -0.25) is 9.59 Å². The van der Waals surface area contributed by atoms with Crippen LogP contribution >= 0.6 is 11.6 Å². The number of amides is 2. The van der Waals surface area contributed by atoms with Crippen molar-refractivity contribution >= 4 is 29.0 Å². The molecule has 8 nitrogen and oxygen atoms in total. The molecule has 2 bridgehead atoms. The molecule has 3 aromatic rings. The van der Waals surface area contributed by atoms with Crippen LogP contribution in [-0.4, -0.2) is 64.4 Å². The van der Waals surface area contributed by atoms with Crippen LogP contribution < -0.4 is 10.1 Å². The summed E-state index contributed by atoms with van der Waals surface area (Å²) in [5.74, 6) is 0.424. The Kier molecular flexibility index (Phi) is 8.96. The quantitative estimate of drug-likeness (QED) is 0.319. The number of aryl methyl sites for hydroxylation is 1. The van der Waals surface area contributed by atoms with Crippen molar-refractivity contribution in [2.75, 3.05) is 19.7 Å². The molecule has 6 rings (SSSR count). The number of pyridine rings is 1. The number of nitrogens with zero attached hydrogens (tertiary/aromatic N) is 4. The summed E-state index contributed by atoms with van der Waals surface area (Å²) in [4.78, 5) is 34.9. The van der Waals surface area contributed by atoms with Crippen molar-refractivity contribution < 1.29 is 14.3 Å². The zero-order chi connectivity index (χ0) is 30.6. The first-order valence-electron chi connectivity index (χ1n) is 15.3. The highest BCUT2D eigenvalue weighted by Gasteiger charge is 2.43. The van der Waals surface area contributed by atoms with Gasteiger partial charge in [-0.25, -0.2) is 4.98 Å². The van der Waals surface area contributed by atoms with Crippen molar-refractivity contribution in [3.05, 3.63) is 99.7 Å². The van der Waals surface area contributed by atoms with Crippen LogP contribution in [0.2, 0.25) is 5.02 Å². The topological polar surface area (TPSA) is 98.6 Å². The number of carbonyl (C=O) groups is 2. The Morgan fingerprint density at radius 3 is 2.64 bits per heavy atom. The van der Waals surface area contributed by atoms with E-state index in [2.05, 4.69) is 40.6 Å². The molecule has 2 aromatic carbocycles. The van der Waals surface area contributed by atoms with Gasteiger partial charge < -0.3 is 19.9 Å². The molecule has 9 heteroatoms. The SMILES string of the molecule is CC(=O)N1C[C@H]2CC(c3ccc(CCCOc4ncccc4C#N)cc3)=C(C(=O)N(Cc3ccccc3Cl)C3CC3)[C@@H](C1)N2. The minimum Gasteiger partial charge on any atom is -0.477 e. The van der Waals surface area contributed by atoms with Gasteiger partial charge in [0, 0.05) is 55.4 Å². The predicted octanol–water partition coefficient (Wildman–Crippen LogP) is 5.16. The minimum absolute atomic E-state index is 0.0243. The highest BCUT2D eigenvalue weighted by atomic mass is 35.5. The van der Waals surface area contributed by atoms with E-state index in [1.165, 1.54) is 5.56 Å². The Morgan fingerprint density at radius 2 is 1.91 bits per heavy atom. The third kappa shape index (κ3) is 6.64. The van der Waals surface area contributed by atoms with E-state index >= 15 is 0 Å². The van der Waals surface area contributed by atoms with Crippen LogP contribution in [0.15, 0.2) is 72.4 Å². The van der Waals surface area contributed by atoms with Gasteiger partial charge in [0.05, 0.1) is 12.6 Å². The van der Waals surface area contributed by atoms with E-state index in [-0.39, 0.29) is 29.9 Å². The van der Waals surface area contributed by atoms with Crippen molar-refractivity contribution in [2.45, 2.75) is 63.7 Å². The fourth-order valence-corrected chi connectivity index (χ4v) is 6.45. The van der Waals surface area contributed by atoms with Crippen molar-refractivity contribution in [1.82, 2.24) is 20.1 Å². The maximum Gasteiger partial charge on any atom is 0.252 e. The van der Waals surface area contributed by atoms with Gasteiger partial charge >= 0.3 is 0 Å². The molecule has 1 saturated heterocycles. The van der Waals surface area contributed by atoms with Crippen LogP contribution in [0, 0.1) is 11.3 Å². The number of ether oxygens (including phenoxy) is 1. The number of aromatic nitrogens is 1. The number of benzene rings is 2. The molecule has 1 N–H and O–H groups in total. The van der Waals surface area contributed by atoms with E-state index in [1.807, 2.05) is 34.1 Å². The maximum absolute atomic E-state index is 14.5. The molecular formula is C35H36ClN5O3. The first-order chi connectivity index (χ1) is 21.4. The number of rotatable bonds is 10. The minimum atomic E-state index is -0.233. The van der Waals surface area contributed by atoms with Crippen LogP contribution in [0.1, 0.15) is 54.9 Å². The van der Waals surface area contributed by atoms with Crippen molar-refractivity contribution in [3.8, 4) is 11.9 Å². The van der Waals surface area contributed by atoms with Crippen LogP contribution in [0.25, 0.3) is 5.57 Å². The second-order valence-corrected chi connectivity index (χ2v) is 12.2. The molecule has 2 aliphatic heterocycles. The number of carbonyl (C=O) groups excluding carboxylic acids is 2. The van der Waals surface area contributed by atoms with Gasteiger partial charge in [-0.1, -0.05) is 54.1 Å². The van der Waals surface area contributed by atoms with Crippen LogP contribution in [0.3, 0.4) is 0 Å². The summed E-state index contributed by atoms with van der Waals surface area (Å²) in [5, 5.41) is 13.6. The number of nitrogens with one attached hydrogen (secondary N) is 1. The molecule has 0 unspecified atom stereocenters. The number of fused-ring (bicyclic) bond motifs is 2. The Labute approximate surface area is 263 Å². The Balaban J connectivity index is 1.23. The monoisotopic (exact) mass is 609 g/mol. The molecule has 0 radical (unpaired) electrons. The summed E-state index contributed by atoms with van der Waals surface area (Å²) in [7, 11) is 0. The summed E-state index contributed by atoms with van der Waals surface area (Å²) >= 11 is 6.52. The highest BCUT2D eigenvalue weighted by molar-refractivity contribution is 6.31. The van der Waals surface area contributed by atoms with E-state index in [4.69, 9.17) is 16.3 Å². The molecule has 3 aliphatic rings. The molecule has 2 atom stereocenters. The summed E-state index contributed by atoms with van der Waals surface area (Å²) in [6.45, 7) is 3.63. The fourth-order valence-electron chi connectivity index (χ4n) is 6.25. The van der Waals surface area contributed by atoms with Gasteiger partial charge in [-0.15, -0.1) is 0 Å². The van der Waals surface area contributed by atoms with E-state index in [1.54, 1.807) is 25.3 Å². The number of hydrogen-bond acceptors (Lipinski definition) is 6. The zero-order valence-corrected chi connectivity index (χ0v) is 25.6. The number of piperazine rings is 1. The Hall–Kier alpha value is -4.19. The van der Waals surface area contributed by atoms with Crippen molar-refractivity contribution in [1.29, 1.82) is 5.26 Å². The second-order valence-electron chi connectivity index (χ2n) is 11.8. The summed E-state index contributed by atoms with van der Waals surface area (Å²) < 4.78 is 5.75. The lowest BCUT2D eigenvalue weighted by Gasteiger charge is -2.44. The standard InChI is InChI=1S/C35H36ClN5O3/c1-23(42)40-21-28-18-30(25-12-10-24(11-13-25)6-5-17-44-34-26(19-37)8-4-16-38-34)33(32(22-40)39-28)35(43)41(29-14-15-29)20-27-7-2-3-9-31(27)36/h2-4,7-13,16,28-29,32,39H,5-6,14-15,17-18,20-22H2,1H3/t28-,32-/m1/s1. The third-order valence-electron chi connectivity index (χ3n) is 8.67. The average molecular weight is 610 g/mol. The molecular weight excluding hydrogens is 574 g/mol. The molecule has 3 heterocycles. The van der Waals surface area contributed by atoms with E-state index in [0.717, 1.165) is 48.0 Å². The third-order valence-corrected chi connectivity index (χ3v) is 9.04. The van der Waals surface area contributed by atoms with Crippen molar-refractivity contribution in [3.63, 3.8) is 0 Å². The van der Waals surface area contributed by atoms with Gasteiger partial charge in [-0.05, 0) is 72.6 Å². The van der Waals surface area contributed by atoms with E-state index < -0.39 is 0 Å². The van der Waals surface area contributed by atoms with Gasteiger partial charge in [0.25, 0.3) is 5.91 Å². The average Bonchev–Trinajstić information content (AvgIpc) is 3.88. The first-order valence-corrected chi connectivity index (χ1v) is 15.6. The lowest BCUT2D eigenvalue weighted by molar-refractivity contribution is -0.132. The highest BCUT2D eigenvalue weighted by Crippen LogP contribution is 2.38. The zero-order valence-electron chi connectivity index (χ0n) is 24.8. The first kappa shape index (κ1) is 29.9. The lowest BCUT2D eigenvalue weighted by Crippen LogP contribution is -2.61.